The lowest BCUT2D eigenvalue weighted by Gasteiger charge is -2.26. The van der Waals surface area contributed by atoms with Gasteiger partial charge in [0.15, 0.2) is 17.3 Å². The quantitative estimate of drug-likeness (QED) is 0.512. The van der Waals surface area contributed by atoms with Gasteiger partial charge in [-0.25, -0.2) is 15.0 Å². The number of Topliss-reactive ketones (excluding diaryl/α,β-unsaturated/α-hetero) is 1. The predicted molar refractivity (Wildman–Crippen MR) is 49.1 cm³/mol. The first kappa shape index (κ1) is 8.70. The zero-order valence-electron chi connectivity index (χ0n) is 7.31. The molecule has 1 amide bonds. The van der Waals surface area contributed by atoms with Crippen molar-refractivity contribution in [2.24, 2.45) is 20.7 Å². The Morgan fingerprint density at radius 3 is 3.00 bits per heavy atom. The molecule has 0 fully saturated rings. The molecule has 2 rings (SSSR count). The summed E-state index contributed by atoms with van der Waals surface area (Å²) >= 11 is 0. The number of carbonyl (C=O) groups excluding carboxylic acids is 2. The first-order valence-electron chi connectivity index (χ1n) is 3.86. The van der Waals surface area contributed by atoms with Gasteiger partial charge in [-0.2, -0.15) is 0 Å². The van der Waals surface area contributed by atoms with Crippen LogP contribution in [0.15, 0.2) is 15.0 Å². The van der Waals surface area contributed by atoms with E-state index in [0.717, 1.165) is 0 Å². The van der Waals surface area contributed by atoms with E-state index in [9.17, 15) is 9.59 Å². The molecular formula is C7H7N5O2. The highest BCUT2D eigenvalue weighted by Gasteiger charge is 2.40. The Balaban J connectivity index is 2.50. The van der Waals surface area contributed by atoms with E-state index in [4.69, 9.17) is 5.73 Å². The summed E-state index contributed by atoms with van der Waals surface area (Å²) < 4.78 is 0. The molecule has 0 bridgehead atoms. The van der Waals surface area contributed by atoms with Crippen LogP contribution in [0.3, 0.4) is 0 Å². The van der Waals surface area contributed by atoms with Gasteiger partial charge in [-0.1, -0.05) is 0 Å². The van der Waals surface area contributed by atoms with Crippen LogP contribution in [-0.2, 0) is 9.59 Å². The van der Waals surface area contributed by atoms with Crippen molar-refractivity contribution in [3.8, 4) is 0 Å². The topological polar surface area (TPSA) is 109 Å². The maximum absolute atomic E-state index is 11.4. The molecule has 2 aliphatic rings. The number of nitrogens with zero attached hydrogens (tertiary/aromatic N) is 3. The molecule has 1 atom stereocenters. The summed E-state index contributed by atoms with van der Waals surface area (Å²) in [5.74, 6) is -2.59. The minimum absolute atomic E-state index is 0.0901. The fourth-order valence-corrected chi connectivity index (χ4v) is 1.10. The Kier molecular flexibility index (Phi) is 1.58. The second-order valence-electron chi connectivity index (χ2n) is 2.93. The highest BCUT2D eigenvalue weighted by atomic mass is 16.2. The van der Waals surface area contributed by atoms with Crippen molar-refractivity contribution >= 4 is 29.6 Å². The lowest BCUT2D eigenvalue weighted by atomic mass is 10.1. The first-order valence-corrected chi connectivity index (χ1v) is 3.86. The van der Waals surface area contributed by atoms with Crippen molar-refractivity contribution in [2.75, 3.05) is 0 Å². The van der Waals surface area contributed by atoms with Crippen LogP contribution in [0, 0.1) is 0 Å². The SMILES string of the molecule is CC(=O)C1(N)N=C2N=CN=C2C(=O)N1. The number of rotatable bonds is 1. The number of nitrogens with two attached hydrogens (primary N) is 1. The molecule has 72 valence electrons. The molecule has 0 aliphatic carbocycles. The van der Waals surface area contributed by atoms with Gasteiger partial charge >= 0.3 is 0 Å². The molecule has 0 spiro atoms. The standard InChI is InChI=1S/C7H7N5O2/c1-3(13)7(8)11-5-4(6(14)12-7)9-2-10-5/h2H,8H2,1H3,(H,12,14). The number of nitrogens with one attached hydrogen (secondary N) is 1. The van der Waals surface area contributed by atoms with Crippen LogP contribution in [0.2, 0.25) is 0 Å². The molecule has 7 heteroatoms. The fourth-order valence-electron chi connectivity index (χ4n) is 1.10. The maximum atomic E-state index is 11.4. The Bertz CT molecular complexity index is 422. The predicted octanol–water partition coefficient (Wildman–Crippen LogP) is -1.80. The summed E-state index contributed by atoms with van der Waals surface area (Å²) in [6.07, 6.45) is 1.19. The van der Waals surface area contributed by atoms with E-state index in [2.05, 4.69) is 20.3 Å². The average Bonchev–Trinajstić information content (AvgIpc) is 2.51. The molecule has 0 aromatic heterocycles. The summed E-state index contributed by atoms with van der Waals surface area (Å²) in [6, 6.07) is 0. The van der Waals surface area contributed by atoms with Crippen molar-refractivity contribution in [2.45, 2.75) is 12.7 Å². The highest BCUT2D eigenvalue weighted by molar-refractivity contribution is 6.70. The molecule has 7 nitrogen and oxygen atoms in total. The Morgan fingerprint density at radius 2 is 2.36 bits per heavy atom. The van der Waals surface area contributed by atoms with Gasteiger partial charge < -0.3 is 5.32 Å². The smallest absolute Gasteiger partial charge is 0.277 e. The fraction of sp³-hybridized carbons (Fsp3) is 0.286. The van der Waals surface area contributed by atoms with Gasteiger partial charge in [0, 0.05) is 6.92 Å². The molecule has 0 radical (unpaired) electrons. The molecule has 14 heavy (non-hydrogen) atoms. The number of aliphatic imine (C=N–C) groups is 3. The van der Waals surface area contributed by atoms with Gasteiger partial charge in [-0.3, -0.25) is 15.3 Å². The van der Waals surface area contributed by atoms with E-state index >= 15 is 0 Å². The molecule has 3 N–H and O–H groups in total. The van der Waals surface area contributed by atoms with E-state index in [1.165, 1.54) is 13.3 Å². The van der Waals surface area contributed by atoms with Crippen LogP contribution in [0.1, 0.15) is 6.92 Å². The van der Waals surface area contributed by atoms with Crippen LogP contribution in [0.5, 0.6) is 0 Å². The zero-order valence-corrected chi connectivity index (χ0v) is 7.31. The largest absolute Gasteiger partial charge is 0.308 e. The number of fused-ring (bicyclic) bond motifs is 1. The summed E-state index contributed by atoms with van der Waals surface area (Å²) in [4.78, 5) is 33.7. The third-order valence-electron chi connectivity index (χ3n) is 1.92. The van der Waals surface area contributed by atoms with Gasteiger partial charge in [0.1, 0.15) is 6.34 Å². The minimum atomic E-state index is -1.70. The van der Waals surface area contributed by atoms with Crippen LogP contribution >= 0.6 is 0 Å². The molecule has 1 unspecified atom stereocenters. The van der Waals surface area contributed by atoms with Gasteiger partial charge in [0.2, 0.25) is 5.79 Å². The summed E-state index contributed by atoms with van der Waals surface area (Å²) in [5.41, 5.74) is 5.64. The third-order valence-corrected chi connectivity index (χ3v) is 1.92. The van der Waals surface area contributed by atoms with Gasteiger partial charge in [-0.15, -0.1) is 0 Å². The maximum Gasteiger partial charge on any atom is 0.277 e. The molecule has 0 saturated carbocycles. The summed E-state index contributed by atoms with van der Waals surface area (Å²) in [5, 5.41) is 2.25. The van der Waals surface area contributed by atoms with Crippen molar-refractivity contribution in [3.63, 3.8) is 0 Å². The second kappa shape index (κ2) is 2.55. The monoisotopic (exact) mass is 193 g/mol. The Hall–Kier alpha value is -1.89. The van der Waals surface area contributed by atoms with Crippen LogP contribution in [0.4, 0.5) is 0 Å². The summed E-state index contributed by atoms with van der Waals surface area (Å²) in [6.45, 7) is 1.24. The van der Waals surface area contributed by atoms with Crippen LogP contribution in [-0.4, -0.2) is 35.4 Å². The average molecular weight is 193 g/mol. The molecule has 2 heterocycles. The van der Waals surface area contributed by atoms with Gasteiger partial charge in [-0.05, 0) is 0 Å². The molecule has 0 aromatic rings. The molecule has 0 saturated heterocycles. The third kappa shape index (κ3) is 1.06. The van der Waals surface area contributed by atoms with Crippen molar-refractivity contribution < 1.29 is 9.59 Å². The van der Waals surface area contributed by atoms with E-state index in [0.29, 0.717) is 0 Å². The van der Waals surface area contributed by atoms with Crippen molar-refractivity contribution in [3.05, 3.63) is 0 Å². The number of ketones is 1. The number of hydrogen-bond acceptors (Lipinski definition) is 6. The Labute approximate surface area is 78.8 Å². The van der Waals surface area contributed by atoms with E-state index in [1.807, 2.05) is 0 Å². The van der Waals surface area contributed by atoms with Crippen molar-refractivity contribution in [1.82, 2.24) is 5.32 Å². The van der Waals surface area contributed by atoms with E-state index in [1.54, 1.807) is 0 Å². The highest BCUT2D eigenvalue weighted by Crippen LogP contribution is 2.10. The van der Waals surface area contributed by atoms with Gasteiger partial charge in [0.25, 0.3) is 5.91 Å². The number of hydrogen-bond donors (Lipinski definition) is 2. The lowest BCUT2D eigenvalue weighted by molar-refractivity contribution is -0.127. The normalized spacial score (nSPS) is 29.1. The molecule has 0 aromatic carbocycles. The van der Waals surface area contributed by atoms with E-state index in [-0.39, 0.29) is 11.5 Å². The first-order chi connectivity index (χ1) is 6.53. The Morgan fingerprint density at radius 1 is 1.64 bits per heavy atom. The molecular weight excluding hydrogens is 186 g/mol. The van der Waals surface area contributed by atoms with Crippen LogP contribution in [0.25, 0.3) is 0 Å². The minimum Gasteiger partial charge on any atom is -0.308 e. The van der Waals surface area contributed by atoms with Gasteiger partial charge in [0.05, 0.1) is 0 Å². The van der Waals surface area contributed by atoms with E-state index < -0.39 is 17.5 Å². The molecule has 2 aliphatic heterocycles. The number of carbonyl (C=O) groups is 2. The number of amidine groups is 1. The zero-order chi connectivity index (χ0) is 10.3. The summed E-state index contributed by atoms with van der Waals surface area (Å²) in [7, 11) is 0. The van der Waals surface area contributed by atoms with Crippen molar-refractivity contribution in [1.29, 1.82) is 0 Å². The lowest BCUT2D eigenvalue weighted by Crippen LogP contribution is -2.64. The second-order valence-corrected chi connectivity index (χ2v) is 2.93. The van der Waals surface area contributed by atoms with Crippen LogP contribution < -0.4 is 11.1 Å². The number of amides is 1.